The highest BCUT2D eigenvalue weighted by Crippen LogP contribution is 2.24. The second kappa shape index (κ2) is 13.7. The van der Waals surface area contributed by atoms with Crippen LogP contribution in [-0.4, -0.2) is 59.2 Å². The van der Waals surface area contributed by atoms with E-state index < -0.39 is 6.04 Å². The number of hydrogen-bond acceptors (Lipinski definition) is 5. The van der Waals surface area contributed by atoms with E-state index in [0.29, 0.717) is 23.3 Å². The van der Waals surface area contributed by atoms with Crippen molar-refractivity contribution in [1.82, 2.24) is 15.1 Å². The van der Waals surface area contributed by atoms with E-state index in [1.165, 1.54) is 4.90 Å². The van der Waals surface area contributed by atoms with Gasteiger partial charge in [0.25, 0.3) is 11.8 Å². The third-order valence-corrected chi connectivity index (χ3v) is 7.41. The number of benzene rings is 3. The lowest BCUT2D eigenvalue weighted by molar-refractivity contribution is -0.141. The molecule has 0 saturated carbocycles. The Labute approximate surface area is 241 Å². The monoisotopic (exact) mass is 555 g/mol. The standard InChI is InChI=1S/C33H37N3O5/c1-4-23(2)34-31(38)29(21-24-12-6-5-7-13-24)36(22-25-14-10-15-26(20-25)41-3)30(37)18-11-19-35-32(39)27-16-8-9-17-28(27)33(35)40/h5-10,12-17,20,23,29H,4,11,18-19,21-22H2,1-3H3,(H,34,38)/t23-,29+/m0/s1. The van der Waals surface area contributed by atoms with Gasteiger partial charge in [-0.2, -0.15) is 0 Å². The number of nitrogens with one attached hydrogen (secondary N) is 1. The average Bonchev–Trinajstić information content (AvgIpc) is 3.24. The number of imide groups is 1. The highest BCUT2D eigenvalue weighted by atomic mass is 16.5. The van der Waals surface area contributed by atoms with Gasteiger partial charge in [-0.15, -0.1) is 0 Å². The molecule has 2 atom stereocenters. The Morgan fingerprint density at radius 1 is 0.902 bits per heavy atom. The smallest absolute Gasteiger partial charge is 0.261 e. The van der Waals surface area contributed by atoms with E-state index >= 15 is 0 Å². The summed E-state index contributed by atoms with van der Waals surface area (Å²) in [5.74, 6) is -0.490. The van der Waals surface area contributed by atoms with E-state index in [-0.39, 0.29) is 55.6 Å². The van der Waals surface area contributed by atoms with Gasteiger partial charge in [-0.25, -0.2) is 0 Å². The number of ether oxygens (including phenoxy) is 1. The number of rotatable bonds is 13. The minimum atomic E-state index is -0.760. The molecular weight excluding hydrogens is 518 g/mol. The molecule has 0 spiro atoms. The SMILES string of the molecule is CC[C@H](C)NC(=O)[C@@H](Cc1ccccc1)N(Cc1cccc(OC)c1)C(=O)CCCN1C(=O)c2ccccc2C1=O. The first-order valence-electron chi connectivity index (χ1n) is 14.0. The third kappa shape index (κ3) is 7.20. The minimum absolute atomic E-state index is 0.0524. The molecule has 41 heavy (non-hydrogen) atoms. The Balaban J connectivity index is 1.56. The van der Waals surface area contributed by atoms with Crippen molar-refractivity contribution >= 4 is 23.6 Å². The fourth-order valence-corrected chi connectivity index (χ4v) is 4.94. The van der Waals surface area contributed by atoms with E-state index in [0.717, 1.165) is 17.5 Å². The van der Waals surface area contributed by atoms with Crippen molar-refractivity contribution in [1.29, 1.82) is 0 Å². The van der Waals surface area contributed by atoms with Crippen molar-refractivity contribution in [2.24, 2.45) is 0 Å². The van der Waals surface area contributed by atoms with E-state index in [2.05, 4.69) is 5.32 Å². The summed E-state index contributed by atoms with van der Waals surface area (Å²) in [5.41, 5.74) is 2.53. The van der Waals surface area contributed by atoms with Crippen molar-refractivity contribution in [2.45, 2.75) is 58.2 Å². The van der Waals surface area contributed by atoms with Crippen molar-refractivity contribution in [3.63, 3.8) is 0 Å². The zero-order chi connectivity index (χ0) is 29.4. The highest BCUT2D eigenvalue weighted by Gasteiger charge is 2.35. The lowest BCUT2D eigenvalue weighted by atomic mass is 10.0. The van der Waals surface area contributed by atoms with Gasteiger partial charge in [0.05, 0.1) is 18.2 Å². The van der Waals surface area contributed by atoms with Gasteiger partial charge in [-0.05, 0) is 55.2 Å². The molecule has 3 aromatic rings. The molecule has 3 aromatic carbocycles. The summed E-state index contributed by atoms with van der Waals surface area (Å²) < 4.78 is 5.38. The molecule has 0 saturated heterocycles. The lowest BCUT2D eigenvalue weighted by Gasteiger charge is -2.32. The van der Waals surface area contributed by atoms with Gasteiger partial charge in [0, 0.05) is 32.0 Å². The van der Waals surface area contributed by atoms with Gasteiger partial charge in [-0.1, -0.05) is 61.5 Å². The zero-order valence-electron chi connectivity index (χ0n) is 23.8. The molecule has 0 aromatic heterocycles. The molecule has 1 aliphatic rings. The Hall–Kier alpha value is -4.46. The first-order valence-corrected chi connectivity index (χ1v) is 14.0. The predicted molar refractivity (Wildman–Crippen MR) is 156 cm³/mol. The molecule has 1 heterocycles. The van der Waals surface area contributed by atoms with Gasteiger partial charge in [0.15, 0.2) is 0 Å². The number of carbonyl (C=O) groups is 4. The quantitative estimate of drug-likeness (QED) is 0.311. The molecule has 1 N–H and O–H groups in total. The van der Waals surface area contributed by atoms with Crippen molar-refractivity contribution in [3.8, 4) is 5.75 Å². The lowest BCUT2D eigenvalue weighted by Crippen LogP contribution is -2.52. The van der Waals surface area contributed by atoms with Crippen LogP contribution in [-0.2, 0) is 22.6 Å². The molecule has 1 aliphatic heterocycles. The van der Waals surface area contributed by atoms with E-state index in [1.54, 1.807) is 36.3 Å². The van der Waals surface area contributed by atoms with Crippen LogP contribution in [0, 0.1) is 0 Å². The molecule has 4 rings (SSSR count). The maximum absolute atomic E-state index is 13.9. The van der Waals surface area contributed by atoms with Crippen LogP contribution in [0.4, 0.5) is 0 Å². The van der Waals surface area contributed by atoms with Crippen LogP contribution < -0.4 is 10.1 Å². The summed E-state index contributed by atoms with van der Waals surface area (Å²) in [4.78, 5) is 55.9. The van der Waals surface area contributed by atoms with Gasteiger partial charge in [0.1, 0.15) is 11.8 Å². The number of methoxy groups -OCH3 is 1. The zero-order valence-corrected chi connectivity index (χ0v) is 23.8. The van der Waals surface area contributed by atoms with Crippen molar-refractivity contribution < 1.29 is 23.9 Å². The fraction of sp³-hybridized carbons (Fsp3) is 0.333. The molecule has 214 valence electrons. The van der Waals surface area contributed by atoms with Gasteiger partial charge >= 0.3 is 0 Å². The summed E-state index contributed by atoms with van der Waals surface area (Å²) in [6.07, 6.45) is 1.45. The summed E-state index contributed by atoms with van der Waals surface area (Å²) in [6.45, 7) is 4.26. The van der Waals surface area contributed by atoms with Crippen LogP contribution in [0.3, 0.4) is 0 Å². The molecule has 0 radical (unpaired) electrons. The first kappa shape index (κ1) is 29.5. The van der Waals surface area contributed by atoms with Crippen LogP contribution in [0.25, 0.3) is 0 Å². The summed E-state index contributed by atoms with van der Waals surface area (Å²) in [5, 5.41) is 3.06. The number of carbonyl (C=O) groups excluding carboxylic acids is 4. The Bertz CT molecular complexity index is 1360. The molecule has 0 unspecified atom stereocenters. The van der Waals surface area contributed by atoms with E-state index in [4.69, 9.17) is 4.74 Å². The van der Waals surface area contributed by atoms with Crippen molar-refractivity contribution in [3.05, 3.63) is 101 Å². The maximum atomic E-state index is 13.9. The Morgan fingerprint density at radius 2 is 1.54 bits per heavy atom. The number of nitrogens with zero attached hydrogens (tertiary/aromatic N) is 2. The topological polar surface area (TPSA) is 96.0 Å². The number of amides is 4. The van der Waals surface area contributed by atoms with E-state index in [1.807, 2.05) is 68.4 Å². The Kier molecular flexibility index (Phi) is 9.90. The van der Waals surface area contributed by atoms with Gasteiger partial charge < -0.3 is 15.0 Å². The summed E-state index contributed by atoms with van der Waals surface area (Å²) >= 11 is 0. The average molecular weight is 556 g/mol. The van der Waals surface area contributed by atoms with Gasteiger partial charge in [0.2, 0.25) is 11.8 Å². The Morgan fingerprint density at radius 3 is 2.17 bits per heavy atom. The second-order valence-electron chi connectivity index (χ2n) is 10.3. The van der Waals surface area contributed by atoms with Crippen LogP contribution >= 0.6 is 0 Å². The summed E-state index contributed by atoms with van der Waals surface area (Å²) in [7, 11) is 1.58. The summed E-state index contributed by atoms with van der Waals surface area (Å²) in [6, 6.07) is 23.0. The fourth-order valence-electron chi connectivity index (χ4n) is 4.94. The second-order valence-corrected chi connectivity index (χ2v) is 10.3. The maximum Gasteiger partial charge on any atom is 0.261 e. The van der Waals surface area contributed by atoms with Crippen LogP contribution in [0.15, 0.2) is 78.9 Å². The van der Waals surface area contributed by atoms with Crippen LogP contribution in [0.2, 0.25) is 0 Å². The molecule has 0 fully saturated rings. The molecule has 0 bridgehead atoms. The van der Waals surface area contributed by atoms with Gasteiger partial charge in [-0.3, -0.25) is 24.1 Å². The number of hydrogen-bond donors (Lipinski definition) is 1. The molecule has 4 amide bonds. The molecule has 8 heteroatoms. The normalized spacial score (nSPS) is 13.9. The predicted octanol–water partition coefficient (Wildman–Crippen LogP) is 4.63. The molecular formula is C33H37N3O5. The van der Waals surface area contributed by atoms with Crippen molar-refractivity contribution in [2.75, 3.05) is 13.7 Å². The number of fused-ring (bicyclic) bond motifs is 1. The third-order valence-electron chi connectivity index (χ3n) is 7.41. The molecule has 0 aliphatic carbocycles. The van der Waals surface area contributed by atoms with E-state index in [9.17, 15) is 19.2 Å². The first-order chi connectivity index (χ1) is 19.8. The van der Waals surface area contributed by atoms with Crippen LogP contribution in [0.1, 0.15) is 65.0 Å². The minimum Gasteiger partial charge on any atom is -0.497 e. The van der Waals surface area contributed by atoms with Crippen LogP contribution in [0.5, 0.6) is 5.75 Å². The molecule has 8 nitrogen and oxygen atoms in total. The highest BCUT2D eigenvalue weighted by molar-refractivity contribution is 6.21. The largest absolute Gasteiger partial charge is 0.497 e.